The lowest BCUT2D eigenvalue weighted by Gasteiger charge is -2.09. The first kappa shape index (κ1) is 14.0. The van der Waals surface area contributed by atoms with Crippen molar-refractivity contribution in [2.45, 2.75) is 20.0 Å². The van der Waals surface area contributed by atoms with Crippen LogP contribution in [0.2, 0.25) is 0 Å². The van der Waals surface area contributed by atoms with Crippen molar-refractivity contribution >= 4 is 11.7 Å². The number of carbonyl (C=O) groups excluding carboxylic acids is 1. The van der Waals surface area contributed by atoms with Gasteiger partial charge in [-0.3, -0.25) is 4.98 Å². The minimum atomic E-state index is -0.242. The van der Waals surface area contributed by atoms with Crippen molar-refractivity contribution in [3.05, 3.63) is 59.4 Å². The average Bonchev–Trinajstić information content (AvgIpc) is 2.47. The topological polar surface area (TPSA) is 80.0 Å². The highest BCUT2D eigenvalue weighted by Crippen LogP contribution is 2.09. The summed E-state index contributed by atoms with van der Waals surface area (Å²) < 4.78 is 0. The number of nitrogens with zero attached hydrogens (tertiary/aromatic N) is 1. The Morgan fingerprint density at radius 3 is 2.65 bits per heavy atom. The van der Waals surface area contributed by atoms with Crippen LogP contribution in [0.25, 0.3) is 0 Å². The largest absolute Gasteiger partial charge is 0.334 e. The number of hydrogen-bond donors (Lipinski definition) is 3. The first-order chi connectivity index (χ1) is 9.69. The van der Waals surface area contributed by atoms with Crippen LogP contribution in [0.4, 0.5) is 10.5 Å². The Balaban J connectivity index is 1.87. The zero-order valence-corrected chi connectivity index (χ0v) is 11.4. The number of urea groups is 1. The highest BCUT2D eigenvalue weighted by atomic mass is 16.2. The number of pyridine rings is 1. The minimum Gasteiger partial charge on any atom is -0.334 e. The normalized spacial score (nSPS) is 10.1. The van der Waals surface area contributed by atoms with Crippen molar-refractivity contribution in [1.82, 2.24) is 10.3 Å². The van der Waals surface area contributed by atoms with Gasteiger partial charge in [-0.1, -0.05) is 12.1 Å². The number of anilines is 1. The molecular formula is C15H18N4O. The molecule has 0 aliphatic rings. The van der Waals surface area contributed by atoms with Crippen LogP contribution in [0.5, 0.6) is 0 Å². The molecule has 1 aromatic heterocycles. The van der Waals surface area contributed by atoms with Gasteiger partial charge in [-0.2, -0.15) is 0 Å². The number of nitrogens with one attached hydrogen (secondary N) is 2. The van der Waals surface area contributed by atoms with E-state index in [1.165, 1.54) is 0 Å². The van der Waals surface area contributed by atoms with Gasteiger partial charge < -0.3 is 16.4 Å². The highest BCUT2D eigenvalue weighted by molar-refractivity contribution is 5.89. The SMILES string of the molecule is Cc1ccncc1CNC(=O)Nc1ccc(CN)cc1. The molecule has 0 aliphatic carbocycles. The average molecular weight is 270 g/mol. The third-order valence-corrected chi connectivity index (χ3v) is 3.03. The van der Waals surface area contributed by atoms with Crippen LogP contribution in [0.1, 0.15) is 16.7 Å². The Kier molecular flexibility index (Phi) is 4.68. The number of carbonyl (C=O) groups is 1. The molecule has 0 aliphatic heterocycles. The Morgan fingerprint density at radius 2 is 2.00 bits per heavy atom. The fourth-order valence-corrected chi connectivity index (χ4v) is 1.76. The number of nitrogens with two attached hydrogens (primary N) is 1. The van der Waals surface area contributed by atoms with Crippen molar-refractivity contribution in [2.75, 3.05) is 5.32 Å². The Hall–Kier alpha value is -2.40. The zero-order valence-electron chi connectivity index (χ0n) is 11.4. The van der Waals surface area contributed by atoms with Gasteiger partial charge in [-0.25, -0.2) is 4.79 Å². The summed E-state index contributed by atoms with van der Waals surface area (Å²) in [5, 5.41) is 5.57. The lowest BCUT2D eigenvalue weighted by molar-refractivity contribution is 0.251. The smallest absolute Gasteiger partial charge is 0.319 e. The summed E-state index contributed by atoms with van der Waals surface area (Å²) in [6, 6.07) is 9.12. The van der Waals surface area contributed by atoms with Gasteiger partial charge >= 0.3 is 6.03 Å². The van der Waals surface area contributed by atoms with Crippen LogP contribution in [0, 0.1) is 6.92 Å². The summed E-state index contributed by atoms with van der Waals surface area (Å²) in [6.45, 7) is 2.93. The standard InChI is InChI=1S/C15H18N4O/c1-11-6-7-17-9-13(11)10-18-15(20)19-14-4-2-12(8-16)3-5-14/h2-7,9H,8,10,16H2,1H3,(H2,18,19,20). The van der Waals surface area contributed by atoms with Crippen molar-refractivity contribution in [1.29, 1.82) is 0 Å². The molecule has 0 unspecified atom stereocenters. The number of rotatable bonds is 4. The first-order valence-corrected chi connectivity index (χ1v) is 6.42. The van der Waals surface area contributed by atoms with E-state index in [0.717, 1.165) is 22.4 Å². The summed E-state index contributed by atoms with van der Waals surface area (Å²) >= 11 is 0. The van der Waals surface area contributed by atoms with Crippen LogP contribution < -0.4 is 16.4 Å². The number of benzene rings is 1. The molecule has 2 aromatic rings. The third-order valence-electron chi connectivity index (χ3n) is 3.03. The molecule has 4 N–H and O–H groups in total. The summed E-state index contributed by atoms with van der Waals surface area (Å²) in [7, 11) is 0. The van der Waals surface area contributed by atoms with E-state index < -0.39 is 0 Å². The summed E-state index contributed by atoms with van der Waals surface area (Å²) in [6.07, 6.45) is 3.49. The minimum absolute atomic E-state index is 0.242. The van der Waals surface area contributed by atoms with Gasteiger partial charge in [-0.05, 0) is 41.8 Å². The van der Waals surface area contributed by atoms with Crippen LogP contribution in [0.3, 0.4) is 0 Å². The molecule has 0 radical (unpaired) electrons. The van der Waals surface area contributed by atoms with E-state index in [9.17, 15) is 4.79 Å². The molecule has 0 fully saturated rings. The zero-order chi connectivity index (χ0) is 14.4. The second kappa shape index (κ2) is 6.68. The van der Waals surface area contributed by atoms with Gasteiger partial charge in [0.05, 0.1) is 0 Å². The lowest BCUT2D eigenvalue weighted by Crippen LogP contribution is -2.28. The molecule has 5 nitrogen and oxygen atoms in total. The van der Waals surface area contributed by atoms with Gasteiger partial charge in [-0.15, -0.1) is 0 Å². The molecule has 1 aromatic carbocycles. The molecule has 0 atom stereocenters. The van der Waals surface area contributed by atoms with E-state index in [1.54, 1.807) is 12.4 Å². The quantitative estimate of drug-likeness (QED) is 0.796. The van der Waals surface area contributed by atoms with E-state index in [4.69, 9.17) is 5.73 Å². The lowest BCUT2D eigenvalue weighted by atomic mass is 10.2. The Bertz CT molecular complexity index is 581. The maximum Gasteiger partial charge on any atom is 0.319 e. The predicted molar refractivity (Wildman–Crippen MR) is 79.2 cm³/mol. The molecule has 104 valence electrons. The van der Waals surface area contributed by atoms with Gasteiger partial charge in [0.15, 0.2) is 0 Å². The number of aromatic nitrogens is 1. The summed E-state index contributed by atoms with van der Waals surface area (Å²) in [5.41, 5.74) is 9.40. The molecule has 0 saturated carbocycles. The predicted octanol–water partition coefficient (Wildman–Crippen LogP) is 2.17. The van der Waals surface area contributed by atoms with Gasteiger partial charge in [0.1, 0.15) is 0 Å². The third kappa shape index (κ3) is 3.80. The monoisotopic (exact) mass is 270 g/mol. The van der Waals surface area contributed by atoms with Crippen LogP contribution in [0.15, 0.2) is 42.7 Å². The fraction of sp³-hybridized carbons (Fsp3) is 0.200. The maximum absolute atomic E-state index is 11.8. The number of amides is 2. The second-order valence-corrected chi connectivity index (χ2v) is 4.51. The van der Waals surface area contributed by atoms with Gasteiger partial charge in [0.2, 0.25) is 0 Å². The van der Waals surface area contributed by atoms with E-state index in [1.807, 2.05) is 37.3 Å². The molecule has 2 rings (SSSR count). The first-order valence-electron chi connectivity index (χ1n) is 6.42. The Labute approximate surface area is 118 Å². The van der Waals surface area contributed by atoms with Gasteiger partial charge in [0, 0.05) is 31.2 Å². The molecule has 1 heterocycles. The molecule has 0 bridgehead atoms. The summed E-state index contributed by atoms with van der Waals surface area (Å²) in [5.74, 6) is 0. The fourth-order valence-electron chi connectivity index (χ4n) is 1.76. The molecule has 0 spiro atoms. The van der Waals surface area contributed by atoms with E-state index in [2.05, 4.69) is 15.6 Å². The van der Waals surface area contributed by atoms with Crippen LogP contribution in [-0.4, -0.2) is 11.0 Å². The van der Waals surface area contributed by atoms with E-state index in [-0.39, 0.29) is 6.03 Å². The van der Waals surface area contributed by atoms with Crippen molar-refractivity contribution in [2.24, 2.45) is 5.73 Å². The number of aryl methyl sites for hydroxylation is 1. The Morgan fingerprint density at radius 1 is 1.25 bits per heavy atom. The molecule has 0 saturated heterocycles. The molecule has 2 amide bonds. The van der Waals surface area contributed by atoms with Crippen molar-refractivity contribution in [3.63, 3.8) is 0 Å². The molecule has 20 heavy (non-hydrogen) atoms. The second-order valence-electron chi connectivity index (χ2n) is 4.51. The van der Waals surface area contributed by atoms with Gasteiger partial charge in [0.25, 0.3) is 0 Å². The van der Waals surface area contributed by atoms with Crippen LogP contribution in [-0.2, 0) is 13.1 Å². The van der Waals surface area contributed by atoms with E-state index >= 15 is 0 Å². The number of hydrogen-bond acceptors (Lipinski definition) is 3. The van der Waals surface area contributed by atoms with Crippen molar-refractivity contribution < 1.29 is 4.79 Å². The highest BCUT2D eigenvalue weighted by Gasteiger charge is 2.03. The molecular weight excluding hydrogens is 252 g/mol. The molecule has 5 heteroatoms. The van der Waals surface area contributed by atoms with Crippen LogP contribution >= 0.6 is 0 Å². The van der Waals surface area contributed by atoms with E-state index in [0.29, 0.717) is 13.1 Å². The summed E-state index contributed by atoms with van der Waals surface area (Å²) in [4.78, 5) is 15.8. The van der Waals surface area contributed by atoms with Crippen molar-refractivity contribution in [3.8, 4) is 0 Å². The maximum atomic E-state index is 11.8.